The van der Waals surface area contributed by atoms with Gasteiger partial charge in [-0.1, -0.05) is 12.8 Å². The Morgan fingerprint density at radius 1 is 1.12 bits per heavy atom. The summed E-state index contributed by atoms with van der Waals surface area (Å²) in [5, 5.41) is 0. The van der Waals surface area contributed by atoms with E-state index in [1.807, 2.05) is 4.90 Å². The third kappa shape index (κ3) is 7.57. The fourth-order valence-electron chi connectivity index (χ4n) is 5.19. The lowest BCUT2D eigenvalue weighted by atomic mass is 9.77. The number of methoxy groups -OCH3 is 1. The summed E-state index contributed by atoms with van der Waals surface area (Å²) in [6, 6.07) is 2.76. The lowest BCUT2D eigenvalue weighted by Gasteiger charge is -2.38. The van der Waals surface area contributed by atoms with Crippen molar-refractivity contribution in [2.24, 2.45) is 17.6 Å². The molecule has 1 aromatic rings. The first kappa shape index (κ1) is 25.7. The van der Waals surface area contributed by atoms with Crippen LogP contribution in [0.2, 0.25) is 0 Å². The molecular weight excluding hydrogens is 438 g/mol. The maximum atomic E-state index is 13.7. The van der Waals surface area contributed by atoms with E-state index in [4.69, 9.17) is 10.5 Å². The number of halogens is 4. The monoisotopic (exact) mass is 473 g/mol. The predicted octanol–water partition coefficient (Wildman–Crippen LogP) is 4.44. The molecular formula is C24H35F4N3O2. The molecule has 0 spiro atoms. The van der Waals surface area contributed by atoms with Gasteiger partial charge in [0, 0.05) is 45.4 Å². The van der Waals surface area contributed by atoms with Crippen LogP contribution in [0.4, 0.5) is 23.2 Å². The van der Waals surface area contributed by atoms with Gasteiger partial charge in [-0.15, -0.1) is 0 Å². The van der Waals surface area contributed by atoms with Gasteiger partial charge in [0.2, 0.25) is 5.91 Å². The molecule has 0 bridgehead atoms. The molecule has 9 heteroatoms. The van der Waals surface area contributed by atoms with Gasteiger partial charge < -0.3 is 15.4 Å². The number of nitrogens with two attached hydrogens (primary N) is 1. The van der Waals surface area contributed by atoms with Crippen molar-refractivity contribution in [3.63, 3.8) is 0 Å². The highest BCUT2D eigenvalue weighted by atomic mass is 19.4. The number of hydrogen-bond donors (Lipinski definition) is 1. The normalized spacial score (nSPS) is 23.5. The highest BCUT2D eigenvalue weighted by Gasteiger charge is 2.32. The number of anilines is 1. The third-order valence-electron chi connectivity index (χ3n) is 7.20. The van der Waals surface area contributed by atoms with Crippen LogP contribution >= 0.6 is 0 Å². The minimum absolute atomic E-state index is 0.0900. The van der Waals surface area contributed by atoms with Crippen LogP contribution in [0.5, 0.6) is 0 Å². The number of ether oxygens (including phenoxy) is 1. The molecule has 3 rings (SSSR count). The van der Waals surface area contributed by atoms with Crippen LogP contribution in [-0.4, -0.2) is 56.7 Å². The van der Waals surface area contributed by atoms with E-state index < -0.39 is 17.6 Å². The summed E-state index contributed by atoms with van der Waals surface area (Å²) in [6.07, 6.45) is 2.15. The Balaban J connectivity index is 1.40. The number of hydrogen-bond acceptors (Lipinski definition) is 4. The number of benzene rings is 1. The number of alkyl halides is 3. The van der Waals surface area contributed by atoms with Gasteiger partial charge >= 0.3 is 6.18 Å². The molecule has 33 heavy (non-hydrogen) atoms. The van der Waals surface area contributed by atoms with Gasteiger partial charge in [-0.05, 0) is 62.3 Å². The van der Waals surface area contributed by atoms with Gasteiger partial charge in [-0.25, -0.2) is 4.39 Å². The van der Waals surface area contributed by atoms with E-state index in [0.717, 1.165) is 57.8 Å². The van der Waals surface area contributed by atoms with Crippen molar-refractivity contribution in [3.05, 3.63) is 29.6 Å². The summed E-state index contributed by atoms with van der Waals surface area (Å²) >= 11 is 0. The van der Waals surface area contributed by atoms with Crippen molar-refractivity contribution in [3.8, 4) is 0 Å². The van der Waals surface area contributed by atoms with Crippen LogP contribution in [0, 0.1) is 17.7 Å². The quantitative estimate of drug-likeness (QED) is 0.539. The van der Waals surface area contributed by atoms with E-state index in [1.54, 1.807) is 7.11 Å². The Kier molecular flexibility index (Phi) is 8.98. The van der Waals surface area contributed by atoms with Gasteiger partial charge in [0.05, 0.1) is 11.7 Å². The summed E-state index contributed by atoms with van der Waals surface area (Å²) in [5.74, 6) is -0.0142. The topological polar surface area (TPSA) is 58.8 Å². The molecule has 1 saturated carbocycles. The minimum atomic E-state index is -4.55. The van der Waals surface area contributed by atoms with E-state index in [9.17, 15) is 22.4 Å². The molecule has 1 atom stereocenters. The number of rotatable bonds is 9. The zero-order chi connectivity index (χ0) is 24.0. The smallest absolute Gasteiger partial charge is 0.381 e. The van der Waals surface area contributed by atoms with E-state index in [-0.39, 0.29) is 12.0 Å². The van der Waals surface area contributed by atoms with E-state index in [0.29, 0.717) is 49.5 Å². The molecule has 1 aromatic carbocycles. The fraction of sp³-hybridized carbons (Fsp3) is 0.708. The Labute approximate surface area is 193 Å². The second-order valence-electron chi connectivity index (χ2n) is 9.37. The average Bonchev–Trinajstić information content (AvgIpc) is 2.78. The van der Waals surface area contributed by atoms with Gasteiger partial charge in [-0.3, -0.25) is 9.69 Å². The van der Waals surface area contributed by atoms with Gasteiger partial charge in [0.25, 0.3) is 0 Å². The van der Waals surface area contributed by atoms with Gasteiger partial charge in [-0.2, -0.15) is 13.2 Å². The Morgan fingerprint density at radius 2 is 1.79 bits per heavy atom. The van der Waals surface area contributed by atoms with Crippen molar-refractivity contribution >= 4 is 11.6 Å². The molecule has 5 nitrogen and oxygen atoms in total. The van der Waals surface area contributed by atoms with E-state index in [2.05, 4.69) is 4.90 Å². The highest BCUT2D eigenvalue weighted by molar-refractivity contribution is 5.73. The van der Waals surface area contributed by atoms with Gasteiger partial charge in [0.1, 0.15) is 5.82 Å². The van der Waals surface area contributed by atoms with Crippen molar-refractivity contribution < 1.29 is 27.1 Å². The number of nitrogens with zero attached hydrogens (tertiary/aromatic N) is 2. The standard InChI is InChI=1S/C24H35F4N3O2/c1-33-22(6-7-23(29)32)18-4-2-17(3-5-18)8-9-30-10-12-31(13-11-30)21-15-19(24(26,27)28)14-20(25)16-21/h14-18,22H,2-13H2,1H3,(H2,29,32). The van der Waals surface area contributed by atoms with Crippen molar-refractivity contribution in [1.82, 2.24) is 4.90 Å². The van der Waals surface area contributed by atoms with Crippen LogP contribution in [0.25, 0.3) is 0 Å². The molecule has 2 aliphatic rings. The third-order valence-corrected chi connectivity index (χ3v) is 7.20. The summed E-state index contributed by atoms with van der Waals surface area (Å²) in [4.78, 5) is 15.2. The first-order valence-corrected chi connectivity index (χ1v) is 11.8. The number of primary amides is 1. The molecule has 2 N–H and O–H groups in total. The second kappa shape index (κ2) is 11.5. The second-order valence-corrected chi connectivity index (χ2v) is 9.37. The van der Waals surface area contributed by atoms with E-state index in [1.165, 1.54) is 6.07 Å². The number of amides is 1. The molecule has 2 fully saturated rings. The summed E-state index contributed by atoms with van der Waals surface area (Å²) in [5.41, 5.74) is 4.62. The number of carbonyl (C=O) groups is 1. The van der Waals surface area contributed by atoms with Crippen molar-refractivity contribution in [2.75, 3.05) is 44.7 Å². The van der Waals surface area contributed by atoms with Crippen molar-refractivity contribution in [2.45, 2.75) is 57.2 Å². The van der Waals surface area contributed by atoms with Gasteiger partial charge in [0.15, 0.2) is 0 Å². The molecule has 186 valence electrons. The maximum absolute atomic E-state index is 13.7. The van der Waals surface area contributed by atoms with Crippen LogP contribution < -0.4 is 10.6 Å². The van der Waals surface area contributed by atoms with Crippen LogP contribution in [0.1, 0.15) is 50.5 Å². The maximum Gasteiger partial charge on any atom is 0.416 e. The van der Waals surface area contributed by atoms with E-state index >= 15 is 0 Å². The lowest BCUT2D eigenvalue weighted by Crippen LogP contribution is -2.47. The first-order valence-electron chi connectivity index (χ1n) is 11.8. The Hall–Kier alpha value is -1.87. The number of piperazine rings is 1. The molecule has 1 saturated heterocycles. The van der Waals surface area contributed by atoms with Crippen LogP contribution in [0.15, 0.2) is 18.2 Å². The summed E-state index contributed by atoms with van der Waals surface area (Å²) < 4.78 is 58.3. The van der Waals surface area contributed by atoms with Crippen molar-refractivity contribution in [1.29, 1.82) is 0 Å². The molecule has 1 aliphatic carbocycles. The SMILES string of the molecule is COC(CCC(N)=O)C1CCC(CCN2CCN(c3cc(F)cc(C(F)(F)F)c3)CC2)CC1. The zero-order valence-electron chi connectivity index (χ0n) is 19.2. The minimum Gasteiger partial charge on any atom is -0.381 e. The van der Waals surface area contributed by atoms with Crippen LogP contribution in [-0.2, 0) is 15.7 Å². The fourth-order valence-corrected chi connectivity index (χ4v) is 5.19. The molecule has 1 unspecified atom stereocenters. The molecule has 1 aliphatic heterocycles. The predicted molar refractivity (Wildman–Crippen MR) is 119 cm³/mol. The summed E-state index contributed by atoms with van der Waals surface area (Å²) in [6.45, 7) is 3.65. The Bertz CT molecular complexity index is 773. The largest absolute Gasteiger partial charge is 0.416 e. The average molecular weight is 474 g/mol. The van der Waals surface area contributed by atoms with Crippen LogP contribution in [0.3, 0.4) is 0 Å². The summed E-state index contributed by atoms with van der Waals surface area (Å²) in [7, 11) is 1.70. The first-order chi connectivity index (χ1) is 15.7. The molecule has 1 heterocycles. The molecule has 1 amide bonds. The molecule has 0 aromatic heterocycles. The highest BCUT2D eigenvalue weighted by Crippen LogP contribution is 2.35. The number of carbonyl (C=O) groups excluding carboxylic acids is 1. The lowest BCUT2D eigenvalue weighted by molar-refractivity contribution is -0.137. The molecule has 0 radical (unpaired) electrons. The zero-order valence-corrected chi connectivity index (χ0v) is 19.2. The Morgan fingerprint density at radius 3 is 2.36 bits per heavy atom.